The molecule has 2 heterocycles. The van der Waals surface area contributed by atoms with Crippen molar-refractivity contribution in [2.75, 3.05) is 39.8 Å². The number of rotatable bonds is 4. The molecule has 6 heteroatoms. The van der Waals surface area contributed by atoms with Crippen LogP contribution >= 0.6 is 0 Å². The van der Waals surface area contributed by atoms with Crippen molar-refractivity contribution >= 4 is 12.0 Å². The van der Waals surface area contributed by atoms with Crippen molar-refractivity contribution in [3.8, 4) is 0 Å². The van der Waals surface area contributed by atoms with Crippen molar-refractivity contribution < 1.29 is 14.7 Å². The molecule has 2 aliphatic rings. The van der Waals surface area contributed by atoms with Crippen molar-refractivity contribution in [3.63, 3.8) is 0 Å². The Morgan fingerprint density at radius 1 is 1.15 bits per heavy atom. The van der Waals surface area contributed by atoms with Crippen molar-refractivity contribution in [2.45, 2.75) is 25.7 Å². The molecule has 2 aliphatic heterocycles. The highest BCUT2D eigenvalue weighted by Crippen LogP contribution is 2.20. The van der Waals surface area contributed by atoms with E-state index < -0.39 is 5.97 Å². The molecule has 0 saturated carbocycles. The monoisotopic (exact) mass is 283 g/mol. The third-order valence-electron chi connectivity index (χ3n) is 4.42. The van der Waals surface area contributed by atoms with Crippen molar-refractivity contribution in [1.29, 1.82) is 0 Å². The third-order valence-corrected chi connectivity index (χ3v) is 4.42. The summed E-state index contributed by atoms with van der Waals surface area (Å²) < 4.78 is 0. The SMILES string of the molecule is CN1CCC(CNC(=O)N2CCC(CC(=O)O)C2)CC1. The summed E-state index contributed by atoms with van der Waals surface area (Å²) in [6, 6.07) is -0.0307. The van der Waals surface area contributed by atoms with Gasteiger partial charge in [0, 0.05) is 26.1 Å². The lowest BCUT2D eigenvalue weighted by atomic mass is 9.97. The number of piperidine rings is 1. The minimum absolute atomic E-state index is 0.0307. The molecule has 1 atom stereocenters. The fourth-order valence-electron chi connectivity index (χ4n) is 3.04. The zero-order chi connectivity index (χ0) is 14.5. The predicted molar refractivity (Wildman–Crippen MR) is 75.6 cm³/mol. The van der Waals surface area contributed by atoms with Crippen LogP contribution in [0.4, 0.5) is 4.79 Å². The molecule has 2 amide bonds. The summed E-state index contributed by atoms with van der Waals surface area (Å²) in [5.74, 6) is -0.0854. The largest absolute Gasteiger partial charge is 0.481 e. The van der Waals surface area contributed by atoms with E-state index in [-0.39, 0.29) is 18.4 Å². The van der Waals surface area contributed by atoms with E-state index in [1.54, 1.807) is 4.90 Å². The second-order valence-corrected chi connectivity index (χ2v) is 6.13. The first-order chi connectivity index (χ1) is 9.54. The molecule has 2 N–H and O–H groups in total. The number of carbonyl (C=O) groups excluding carboxylic acids is 1. The van der Waals surface area contributed by atoms with Crippen LogP contribution in [-0.4, -0.2) is 66.7 Å². The Morgan fingerprint density at radius 3 is 2.45 bits per heavy atom. The average molecular weight is 283 g/mol. The highest BCUT2D eigenvalue weighted by Gasteiger charge is 2.28. The number of amides is 2. The Balaban J connectivity index is 1.66. The van der Waals surface area contributed by atoms with Crippen LogP contribution in [0, 0.1) is 11.8 Å². The standard InChI is InChI=1S/C14H25N3O3/c1-16-5-2-11(3-6-16)9-15-14(20)17-7-4-12(10-17)8-13(18)19/h11-12H,2-10H2,1H3,(H,15,20)(H,18,19). The lowest BCUT2D eigenvalue weighted by molar-refractivity contribution is -0.138. The summed E-state index contributed by atoms with van der Waals surface area (Å²) in [6.07, 6.45) is 3.24. The zero-order valence-corrected chi connectivity index (χ0v) is 12.2. The number of aliphatic carboxylic acids is 1. The highest BCUT2D eigenvalue weighted by atomic mass is 16.4. The van der Waals surface area contributed by atoms with E-state index >= 15 is 0 Å². The Hall–Kier alpha value is -1.30. The van der Waals surface area contributed by atoms with Gasteiger partial charge in [0.2, 0.25) is 0 Å². The van der Waals surface area contributed by atoms with Gasteiger partial charge in [-0.1, -0.05) is 0 Å². The minimum Gasteiger partial charge on any atom is -0.481 e. The summed E-state index contributed by atoms with van der Waals surface area (Å²) in [6.45, 7) is 4.20. The van der Waals surface area contributed by atoms with Crippen LogP contribution in [0.2, 0.25) is 0 Å². The van der Waals surface area contributed by atoms with Gasteiger partial charge in [0.15, 0.2) is 0 Å². The topological polar surface area (TPSA) is 72.9 Å². The first-order valence-corrected chi connectivity index (χ1v) is 7.47. The van der Waals surface area contributed by atoms with E-state index in [1.165, 1.54) is 0 Å². The molecule has 2 fully saturated rings. The molecule has 20 heavy (non-hydrogen) atoms. The summed E-state index contributed by atoms with van der Waals surface area (Å²) >= 11 is 0. The van der Waals surface area contributed by atoms with E-state index in [0.717, 1.165) is 38.9 Å². The highest BCUT2D eigenvalue weighted by molar-refractivity contribution is 5.74. The summed E-state index contributed by atoms with van der Waals surface area (Å²) in [5.41, 5.74) is 0. The first-order valence-electron chi connectivity index (χ1n) is 7.47. The van der Waals surface area contributed by atoms with Gasteiger partial charge >= 0.3 is 12.0 Å². The number of hydrogen-bond donors (Lipinski definition) is 2. The van der Waals surface area contributed by atoms with Crippen molar-refractivity contribution in [3.05, 3.63) is 0 Å². The maximum absolute atomic E-state index is 12.0. The van der Waals surface area contributed by atoms with Gasteiger partial charge in [-0.05, 0) is 51.2 Å². The number of urea groups is 1. The molecule has 6 nitrogen and oxygen atoms in total. The molecule has 114 valence electrons. The molecule has 2 rings (SSSR count). The molecule has 0 radical (unpaired) electrons. The molecular weight excluding hydrogens is 258 g/mol. The zero-order valence-electron chi connectivity index (χ0n) is 12.2. The number of hydrogen-bond acceptors (Lipinski definition) is 3. The fraction of sp³-hybridized carbons (Fsp3) is 0.857. The van der Waals surface area contributed by atoms with E-state index in [0.29, 0.717) is 19.0 Å². The van der Waals surface area contributed by atoms with Crippen LogP contribution in [0.5, 0.6) is 0 Å². The molecule has 0 aromatic carbocycles. The third kappa shape index (κ3) is 4.37. The van der Waals surface area contributed by atoms with Crippen molar-refractivity contribution in [1.82, 2.24) is 15.1 Å². The van der Waals surface area contributed by atoms with E-state index in [4.69, 9.17) is 5.11 Å². The second kappa shape index (κ2) is 6.92. The molecule has 0 aromatic heterocycles. The van der Waals surface area contributed by atoms with Gasteiger partial charge < -0.3 is 20.2 Å². The lowest BCUT2D eigenvalue weighted by Crippen LogP contribution is -2.42. The van der Waals surface area contributed by atoms with Crippen LogP contribution in [0.3, 0.4) is 0 Å². The van der Waals surface area contributed by atoms with Gasteiger partial charge in [0.05, 0.1) is 0 Å². The molecule has 0 aromatic rings. The molecule has 0 bridgehead atoms. The Morgan fingerprint density at radius 2 is 1.80 bits per heavy atom. The molecular formula is C14H25N3O3. The smallest absolute Gasteiger partial charge is 0.317 e. The number of carboxylic acids is 1. The van der Waals surface area contributed by atoms with Gasteiger partial charge in [-0.15, -0.1) is 0 Å². The number of nitrogens with zero attached hydrogens (tertiary/aromatic N) is 2. The minimum atomic E-state index is -0.774. The van der Waals surface area contributed by atoms with Crippen LogP contribution < -0.4 is 5.32 Å². The van der Waals surface area contributed by atoms with Crippen LogP contribution in [0.15, 0.2) is 0 Å². The number of carbonyl (C=O) groups is 2. The van der Waals surface area contributed by atoms with Gasteiger partial charge in [-0.25, -0.2) is 4.79 Å². The van der Waals surface area contributed by atoms with Gasteiger partial charge in [-0.3, -0.25) is 4.79 Å². The maximum atomic E-state index is 12.0. The number of carboxylic acid groups (broad SMARTS) is 1. The lowest BCUT2D eigenvalue weighted by Gasteiger charge is -2.29. The van der Waals surface area contributed by atoms with Gasteiger partial charge in [0.1, 0.15) is 0 Å². The number of nitrogens with one attached hydrogen (secondary N) is 1. The average Bonchev–Trinajstić information content (AvgIpc) is 2.85. The summed E-state index contributed by atoms with van der Waals surface area (Å²) in [5, 5.41) is 11.8. The molecule has 1 unspecified atom stereocenters. The van der Waals surface area contributed by atoms with Crippen LogP contribution in [0.1, 0.15) is 25.7 Å². The Labute approximate surface area is 120 Å². The van der Waals surface area contributed by atoms with Crippen LogP contribution in [-0.2, 0) is 4.79 Å². The maximum Gasteiger partial charge on any atom is 0.317 e. The summed E-state index contributed by atoms with van der Waals surface area (Å²) in [7, 11) is 2.13. The second-order valence-electron chi connectivity index (χ2n) is 6.13. The number of likely N-dealkylation sites (tertiary alicyclic amines) is 2. The molecule has 0 aliphatic carbocycles. The van der Waals surface area contributed by atoms with E-state index in [9.17, 15) is 9.59 Å². The van der Waals surface area contributed by atoms with Gasteiger partial charge in [0.25, 0.3) is 0 Å². The predicted octanol–water partition coefficient (Wildman–Crippen LogP) is 0.834. The Bertz CT molecular complexity index is 354. The Kier molecular flexibility index (Phi) is 5.23. The normalized spacial score (nSPS) is 24.9. The van der Waals surface area contributed by atoms with E-state index in [1.807, 2.05) is 0 Å². The fourth-order valence-corrected chi connectivity index (χ4v) is 3.04. The molecule has 0 spiro atoms. The quantitative estimate of drug-likeness (QED) is 0.802. The summed E-state index contributed by atoms with van der Waals surface area (Å²) in [4.78, 5) is 26.8. The first kappa shape index (κ1) is 15.1. The van der Waals surface area contributed by atoms with Gasteiger partial charge in [-0.2, -0.15) is 0 Å². The van der Waals surface area contributed by atoms with Crippen LogP contribution in [0.25, 0.3) is 0 Å². The van der Waals surface area contributed by atoms with Crippen molar-refractivity contribution in [2.24, 2.45) is 11.8 Å². The van der Waals surface area contributed by atoms with E-state index in [2.05, 4.69) is 17.3 Å². The molecule has 2 saturated heterocycles.